The maximum Gasteiger partial charge on any atom is 0.0467 e. The number of rotatable bonds is 1. The van der Waals surface area contributed by atoms with Crippen molar-refractivity contribution >= 4 is 26.8 Å². The van der Waals surface area contributed by atoms with Gasteiger partial charge in [-0.3, -0.25) is 0 Å². The molecule has 1 aliphatic rings. The highest BCUT2D eigenvalue weighted by molar-refractivity contribution is 9.10. The maximum absolute atomic E-state index is 3.51. The average molecular weight is 250 g/mol. The molecule has 1 heterocycles. The molecule has 0 unspecified atom stereocenters. The first kappa shape index (κ1) is 8.54. The molecule has 72 valence electrons. The number of hydrogen-bond acceptors (Lipinski definition) is 0. The molecule has 0 saturated heterocycles. The number of nitrogens with one attached hydrogen (secondary N) is 1. The van der Waals surface area contributed by atoms with Crippen LogP contribution in [0, 0.1) is 0 Å². The second kappa shape index (κ2) is 3.13. The zero-order chi connectivity index (χ0) is 9.54. The lowest BCUT2D eigenvalue weighted by Gasteiger charge is -2.23. The van der Waals surface area contributed by atoms with Crippen molar-refractivity contribution in [2.45, 2.75) is 25.2 Å². The Hall–Kier alpha value is -0.760. The summed E-state index contributed by atoms with van der Waals surface area (Å²) >= 11 is 3.49. The third-order valence-corrected chi connectivity index (χ3v) is 3.64. The summed E-state index contributed by atoms with van der Waals surface area (Å²) in [4.78, 5) is 3.51. The van der Waals surface area contributed by atoms with Crippen LogP contribution in [-0.4, -0.2) is 4.98 Å². The number of hydrogen-bond donors (Lipinski definition) is 1. The van der Waals surface area contributed by atoms with Crippen LogP contribution in [0.5, 0.6) is 0 Å². The fourth-order valence-corrected chi connectivity index (χ4v) is 2.42. The summed E-state index contributed by atoms with van der Waals surface area (Å²) in [5, 5.41) is 1.33. The van der Waals surface area contributed by atoms with Crippen molar-refractivity contribution in [2.24, 2.45) is 0 Å². The molecule has 1 N–H and O–H groups in total. The number of aromatic nitrogens is 1. The Balaban J connectivity index is 2.10. The normalized spacial score (nSPS) is 17.2. The summed E-state index contributed by atoms with van der Waals surface area (Å²) in [6, 6.07) is 8.71. The minimum absolute atomic E-state index is 0.793. The summed E-state index contributed by atoms with van der Waals surface area (Å²) in [7, 11) is 0. The van der Waals surface area contributed by atoms with E-state index in [0.29, 0.717) is 0 Å². The van der Waals surface area contributed by atoms with Gasteiger partial charge in [0.2, 0.25) is 0 Å². The molecule has 0 spiro atoms. The summed E-state index contributed by atoms with van der Waals surface area (Å²) in [6.45, 7) is 0. The second-order valence-electron chi connectivity index (χ2n) is 4.08. The van der Waals surface area contributed by atoms with Crippen molar-refractivity contribution in [3.63, 3.8) is 0 Å². The first-order valence-electron chi connectivity index (χ1n) is 5.11. The Morgan fingerprint density at radius 3 is 2.79 bits per heavy atom. The number of fused-ring (bicyclic) bond motifs is 1. The molecule has 0 amide bonds. The Labute approximate surface area is 91.6 Å². The molecule has 1 aromatic carbocycles. The van der Waals surface area contributed by atoms with Crippen LogP contribution in [0.4, 0.5) is 0 Å². The van der Waals surface area contributed by atoms with E-state index in [1.54, 1.807) is 0 Å². The molecule has 1 saturated carbocycles. The van der Waals surface area contributed by atoms with Crippen LogP contribution in [0.1, 0.15) is 30.9 Å². The first-order chi connectivity index (χ1) is 6.83. The van der Waals surface area contributed by atoms with E-state index >= 15 is 0 Å². The zero-order valence-corrected chi connectivity index (χ0v) is 9.47. The van der Waals surface area contributed by atoms with Gasteiger partial charge in [0.15, 0.2) is 0 Å². The van der Waals surface area contributed by atoms with Gasteiger partial charge in [0.05, 0.1) is 0 Å². The summed E-state index contributed by atoms with van der Waals surface area (Å²) in [5.41, 5.74) is 2.67. The number of aromatic amines is 1. The van der Waals surface area contributed by atoms with Crippen molar-refractivity contribution in [1.29, 1.82) is 0 Å². The van der Waals surface area contributed by atoms with E-state index in [9.17, 15) is 0 Å². The third kappa shape index (κ3) is 1.29. The molecule has 1 nitrogen and oxygen atoms in total. The van der Waals surface area contributed by atoms with E-state index in [1.165, 1.54) is 35.9 Å². The van der Waals surface area contributed by atoms with Gasteiger partial charge >= 0.3 is 0 Å². The molecule has 0 bridgehead atoms. The molecule has 2 aromatic rings. The van der Waals surface area contributed by atoms with Crippen LogP contribution < -0.4 is 0 Å². The van der Waals surface area contributed by atoms with Crippen molar-refractivity contribution in [3.05, 3.63) is 34.4 Å². The molecule has 0 atom stereocenters. The molecular weight excluding hydrogens is 238 g/mol. The van der Waals surface area contributed by atoms with Gasteiger partial charge in [-0.1, -0.05) is 28.4 Å². The highest BCUT2D eigenvalue weighted by Crippen LogP contribution is 2.37. The minimum atomic E-state index is 0.793. The first-order valence-corrected chi connectivity index (χ1v) is 5.90. The van der Waals surface area contributed by atoms with Crippen molar-refractivity contribution in [1.82, 2.24) is 4.98 Å². The molecule has 2 heteroatoms. The second-order valence-corrected chi connectivity index (χ2v) is 5.00. The molecule has 14 heavy (non-hydrogen) atoms. The standard InChI is InChI=1S/C12H12BrN/c13-10-5-4-9-6-11(8-2-1-3-8)14-12(9)7-10/h4-8,14H,1-3H2. The Morgan fingerprint density at radius 2 is 2.07 bits per heavy atom. The van der Waals surface area contributed by atoms with E-state index in [2.05, 4.69) is 45.2 Å². The van der Waals surface area contributed by atoms with Gasteiger partial charge in [0, 0.05) is 15.7 Å². The van der Waals surface area contributed by atoms with Gasteiger partial charge in [0.1, 0.15) is 0 Å². The predicted molar refractivity (Wildman–Crippen MR) is 62.6 cm³/mol. The number of halogens is 1. The van der Waals surface area contributed by atoms with Gasteiger partial charge in [0.25, 0.3) is 0 Å². The Kier molecular flexibility index (Phi) is 1.91. The molecule has 0 aliphatic heterocycles. The fraction of sp³-hybridized carbons (Fsp3) is 0.333. The molecule has 3 rings (SSSR count). The number of benzene rings is 1. The number of H-pyrrole nitrogens is 1. The van der Waals surface area contributed by atoms with E-state index in [1.807, 2.05) is 0 Å². The van der Waals surface area contributed by atoms with Gasteiger partial charge in [-0.2, -0.15) is 0 Å². The van der Waals surface area contributed by atoms with Crippen LogP contribution in [0.2, 0.25) is 0 Å². The average Bonchev–Trinajstić information content (AvgIpc) is 2.43. The lowest BCUT2D eigenvalue weighted by Crippen LogP contribution is -2.08. The Morgan fingerprint density at radius 1 is 1.21 bits per heavy atom. The third-order valence-electron chi connectivity index (χ3n) is 3.15. The van der Waals surface area contributed by atoms with E-state index in [0.717, 1.165) is 10.4 Å². The Bertz CT molecular complexity index is 468. The van der Waals surface area contributed by atoms with E-state index in [4.69, 9.17) is 0 Å². The van der Waals surface area contributed by atoms with Gasteiger partial charge in [-0.25, -0.2) is 0 Å². The van der Waals surface area contributed by atoms with Crippen LogP contribution in [0.3, 0.4) is 0 Å². The quantitative estimate of drug-likeness (QED) is 0.780. The molecule has 1 aliphatic carbocycles. The molecule has 0 radical (unpaired) electrons. The minimum Gasteiger partial charge on any atom is -0.358 e. The van der Waals surface area contributed by atoms with Crippen molar-refractivity contribution in [2.75, 3.05) is 0 Å². The van der Waals surface area contributed by atoms with Gasteiger partial charge < -0.3 is 4.98 Å². The zero-order valence-electron chi connectivity index (χ0n) is 7.89. The topological polar surface area (TPSA) is 15.8 Å². The van der Waals surface area contributed by atoms with Crippen molar-refractivity contribution < 1.29 is 0 Å². The van der Waals surface area contributed by atoms with Crippen LogP contribution in [0.15, 0.2) is 28.7 Å². The SMILES string of the molecule is Brc1ccc2cc(C3CCC3)[nH]c2c1. The maximum atomic E-state index is 3.51. The van der Waals surface area contributed by atoms with Gasteiger partial charge in [-0.15, -0.1) is 0 Å². The van der Waals surface area contributed by atoms with Gasteiger partial charge in [-0.05, 0) is 42.3 Å². The summed E-state index contributed by atoms with van der Waals surface area (Å²) in [5.74, 6) is 0.793. The largest absolute Gasteiger partial charge is 0.358 e. The fourth-order valence-electron chi connectivity index (χ4n) is 2.06. The molecule has 1 fully saturated rings. The molecular formula is C12H12BrN. The van der Waals surface area contributed by atoms with Crippen LogP contribution >= 0.6 is 15.9 Å². The van der Waals surface area contributed by atoms with Crippen LogP contribution in [-0.2, 0) is 0 Å². The lowest BCUT2D eigenvalue weighted by atomic mass is 9.83. The monoisotopic (exact) mass is 249 g/mol. The lowest BCUT2D eigenvalue weighted by molar-refractivity contribution is 0.413. The predicted octanol–water partition coefficient (Wildman–Crippen LogP) is 4.20. The summed E-state index contributed by atoms with van der Waals surface area (Å²) in [6.07, 6.45) is 4.10. The van der Waals surface area contributed by atoms with Crippen molar-refractivity contribution in [3.8, 4) is 0 Å². The van der Waals surface area contributed by atoms with E-state index in [-0.39, 0.29) is 0 Å². The summed E-state index contributed by atoms with van der Waals surface area (Å²) < 4.78 is 1.15. The molecule has 1 aromatic heterocycles. The van der Waals surface area contributed by atoms with E-state index < -0.39 is 0 Å². The van der Waals surface area contributed by atoms with Crippen LogP contribution in [0.25, 0.3) is 10.9 Å². The highest BCUT2D eigenvalue weighted by Gasteiger charge is 2.20. The highest BCUT2D eigenvalue weighted by atomic mass is 79.9. The smallest absolute Gasteiger partial charge is 0.0467 e.